The average Bonchev–Trinajstić information content (AvgIpc) is 3.30. The highest BCUT2D eigenvalue weighted by Crippen LogP contribution is 2.18. The number of unbranched alkanes of at least 4 members (excludes halogenated alkanes) is 42. The molecule has 1 atom stereocenters. The maximum Gasteiger partial charge on any atom is 0.306 e. The van der Waals surface area contributed by atoms with E-state index in [2.05, 4.69) is 27.7 Å². The zero-order chi connectivity index (χ0) is 48.1. The van der Waals surface area contributed by atoms with Crippen molar-refractivity contribution >= 4 is 17.9 Å². The van der Waals surface area contributed by atoms with E-state index in [1.165, 1.54) is 238 Å². The monoisotopic (exact) mass is 933 g/mol. The van der Waals surface area contributed by atoms with Gasteiger partial charge in [-0.2, -0.15) is 0 Å². The first kappa shape index (κ1) is 64.4. The van der Waals surface area contributed by atoms with Crippen LogP contribution in [0.3, 0.4) is 0 Å². The maximum absolute atomic E-state index is 12.9. The summed E-state index contributed by atoms with van der Waals surface area (Å²) >= 11 is 0. The van der Waals surface area contributed by atoms with Crippen molar-refractivity contribution in [3.05, 3.63) is 0 Å². The van der Waals surface area contributed by atoms with E-state index in [0.717, 1.165) is 63.7 Å². The SMILES string of the molecule is CCCCCCCCCCCCCCCCCCCC(=O)OC[C@H](COC(=O)CCCCCCCCCCCC)OC(=O)CCCCCCCCCCCCCCCCCCCCC(C)C. The summed E-state index contributed by atoms with van der Waals surface area (Å²) < 4.78 is 16.9. The van der Waals surface area contributed by atoms with E-state index >= 15 is 0 Å². The molecule has 0 saturated heterocycles. The summed E-state index contributed by atoms with van der Waals surface area (Å²) in [7, 11) is 0. The lowest BCUT2D eigenvalue weighted by Crippen LogP contribution is -2.30. The summed E-state index contributed by atoms with van der Waals surface area (Å²) in [5.74, 6) is 0.0233. The fraction of sp³-hybridized carbons (Fsp3) is 0.950. The number of carbonyl (C=O) groups is 3. The number of rotatable bonds is 55. The van der Waals surface area contributed by atoms with Crippen molar-refractivity contribution in [1.82, 2.24) is 0 Å². The van der Waals surface area contributed by atoms with Gasteiger partial charge in [0, 0.05) is 19.3 Å². The van der Waals surface area contributed by atoms with E-state index < -0.39 is 6.10 Å². The normalized spacial score (nSPS) is 12.0. The molecule has 0 heterocycles. The van der Waals surface area contributed by atoms with Gasteiger partial charge in [-0.15, -0.1) is 0 Å². The van der Waals surface area contributed by atoms with Crippen molar-refractivity contribution in [1.29, 1.82) is 0 Å². The van der Waals surface area contributed by atoms with E-state index in [0.29, 0.717) is 19.3 Å². The van der Waals surface area contributed by atoms with Gasteiger partial charge in [-0.05, 0) is 25.2 Å². The van der Waals surface area contributed by atoms with Crippen LogP contribution in [0.4, 0.5) is 0 Å². The zero-order valence-corrected chi connectivity index (χ0v) is 45.2. The topological polar surface area (TPSA) is 78.9 Å². The lowest BCUT2D eigenvalue weighted by atomic mass is 10.0. The lowest BCUT2D eigenvalue weighted by Gasteiger charge is -2.18. The van der Waals surface area contributed by atoms with Gasteiger partial charge >= 0.3 is 17.9 Å². The van der Waals surface area contributed by atoms with Crippen molar-refractivity contribution < 1.29 is 28.6 Å². The number of ether oxygens (including phenoxy) is 3. The number of hydrogen-bond acceptors (Lipinski definition) is 6. The van der Waals surface area contributed by atoms with Crippen LogP contribution >= 0.6 is 0 Å². The van der Waals surface area contributed by atoms with Gasteiger partial charge in [0.25, 0.3) is 0 Å². The third-order valence-corrected chi connectivity index (χ3v) is 13.8. The average molecular weight is 934 g/mol. The Morgan fingerprint density at radius 1 is 0.288 bits per heavy atom. The molecule has 0 aromatic rings. The molecular formula is C60H116O6. The fourth-order valence-corrected chi connectivity index (χ4v) is 9.28. The molecule has 0 rings (SSSR count). The van der Waals surface area contributed by atoms with Crippen molar-refractivity contribution in [3.8, 4) is 0 Å². The minimum atomic E-state index is -0.761. The standard InChI is InChI=1S/C60H116O6/c1-5-7-9-11-13-15-17-18-19-22-26-29-32-36-40-44-48-52-59(62)65-55-57(54-64-58(61)51-47-43-39-35-16-14-12-10-8-6-2)66-60(63)53-49-45-41-37-33-30-27-24-21-20-23-25-28-31-34-38-42-46-50-56(3)4/h56-57H,5-55H2,1-4H3/t57-/m0/s1. The van der Waals surface area contributed by atoms with Crippen molar-refractivity contribution in [2.24, 2.45) is 5.92 Å². The summed E-state index contributed by atoms with van der Waals surface area (Å²) in [6.07, 6.45) is 59.6. The molecular weight excluding hydrogens is 817 g/mol. The minimum Gasteiger partial charge on any atom is -0.462 e. The van der Waals surface area contributed by atoms with Crippen molar-refractivity contribution in [2.75, 3.05) is 13.2 Å². The third kappa shape index (κ3) is 53.4. The quantitative estimate of drug-likeness (QED) is 0.0343. The zero-order valence-electron chi connectivity index (χ0n) is 45.2. The first-order valence-corrected chi connectivity index (χ1v) is 29.9. The van der Waals surface area contributed by atoms with Gasteiger partial charge in [-0.3, -0.25) is 14.4 Å². The van der Waals surface area contributed by atoms with Crippen LogP contribution in [0.15, 0.2) is 0 Å². The van der Waals surface area contributed by atoms with E-state index in [1.54, 1.807) is 0 Å². The van der Waals surface area contributed by atoms with Gasteiger partial charge in [-0.25, -0.2) is 0 Å². The summed E-state index contributed by atoms with van der Waals surface area (Å²) in [5.41, 5.74) is 0. The molecule has 0 aromatic heterocycles. The van der Waals surface area contributed by atoms with Crippen LogP contribution < -0.4 is 0 Å². The maximum atomic E-state index is 12.9. The van der Waals surface area contributed by atoms with Crippen LogP contribution in [0.2, 0.25) is 0 Å². The smallest absolute Gasteiger partial charge is 0.306 e. The lowest BCUT2D eigenvalue weighted by molar-refractivity contribution is -0.167. The summed E-state index contributed by atoms with van der Waals surface area (Å²) in [6.45, 7) is 9.07. The van der Waals surface area contributed by atoms with Gasteiger partial charge in [0.05, 0.1) is 0 Å². The predicted molar refractivity (Wildman–Crippen MR) is 284 cm³/mol. The van der Waals surface area contributed by atoms with Crippen LogP contribution in [0.25, 0.3) is 0 Å². The number of esters is 3. The van der Waals surface area contributed by atoms with Gasteiger partial charge in [0.15, 0.2) is 6.10 Å². The second-order valence-corrected chi connectivity index (χ2v) is 21.1. The van der Waals surface area contributed by atoms with Crippen LogP contribution in [0.5, 0.6) is 0 Å². The fourth-order valence-electron chi connectivity index (χ4n) is 9.28. The Bertz CT molecular complexity index is 996. The molecule has 0 unspecified atom stereocenters. The molecule has 6 heteroatoms. The molecule has 66 heavy (non-hydrogen) atoms. The third-order valence-electron chi connectivity index (χ3n) is 13.8. The first-order chi connectivity index (χ1) is 32.4. The summed E-state index contributed by atoms with van der Waals surface area (Å²) in [6, 6.07) is 0. The Labute approximate surface area is 412 Å². The molecule has 0 N–H and O–H groups in total. The molecule has 6 nitrogen and oxygen atoms in total. The molecule has 0 fully saturated rings. The Morgan fingerprint density at radius 3 is 0.742 bits per heavy atom. The van der Waals surface area contributed by atoms with Crippen molar-refractivity contribution in [3.63, 3.8) is 0 Å². The van der Waals surface area contributed by atoms with Gasteiger partial charge in [-0.1, -0.05) is 304 Å². The Hall–Kier alpha value is -1.59. The highest BCUT2D eigenvalue weighted by atomic mass is 16.6. The number of carbonyl (C=O) groups excluding carboxylic acids is 3. The van der Waals surface area contributed by atoms with E-state index in [-0.39, 0.29) is 31.1 Å². The van der Waals surface area contributed by atoms with Crippen LogP contribution in [0.1, 0.15) is 342 Å². The second kappa shape index (κ2) is 54.4. The molecule has 0 spiro atoms. The van der Waals surface area contributed by atoms with Crippen LogP contribution in [0, 0.1) is 5.92 Å². The highest BCUT2D eigenvalue weighted by molar-refractivity contribution is 5.71. The van der Waals surface area contributed by atoms with E-state index in [1.807, 2.05) is 0 Å². The molecule has 0 amide bonds. The molecule has 0 aliphatic heterocycles. The number of hydrogen-bond donors (Lipinski definition) is 0. The van der Waals surface area contributed by atoms with E-state index in [4.69, 9.17) is 14.2 Å². The molecule has 0 aromatic carbocycles. The summed E-state index contributed by atoms with van der Waals surface area (Å²) in [5, 5.41) is 0. The molecule has 0 aliphatic rings. The van der Waals surface area contributed by atoms with Crippen LogP contribution in [-0.4, -0.2) is 37.2 Å². The largest absolute Gasteiger partial charge is 0.462 e. The van der Waals surface area contributed by atoms with Gasteiger partial charge < -0.3 is 14.2 Å². The second-order valence-electron chi connectivity index (χ2n) is 21.1. The molecule has 0 radical (unpaired) electrons. The van der Waals surface area contributed by atoms with Crippen LogP contribution in [-0.2, 0) is 28.6 Å². The van der Waals surface area contributed by atoms with Gasteiger partial charge in [0.1, 0.15) is 13.2 Å². The Morgan fingerprint density at radius 2 is 0.500 bits per heavy atom. The molecule has 392 valence electrons. The van der Waals surface area contributed by atoms with Gasteiger partial charge in [0.2, 0.25) is 0 Å². The predicted octanol–water partition coefficient (Wildman–Crippen LogP) is 19.8. The highest BCUT2D eigenvalue weighted by Gasteiger charge is 2.19. The summed E-state index contributed by atoms with van der Waals surface area (Å²) in [4.78, 5) is 38.1. The Balaban J connectivity index is 4.21. The first-order valence-electron chi connectivity index (χ1n) is 29.9. The van der Waals surface area contributed by atoms with Crippen molar-refractivity contribution in [2.45, 2.75) is 348 Å². The van der Waals surface area contributed by atoms with E-state index in [9.17, 15) is 14.4 Å². The minimum absolute atomic E-state index is 0.0617. The molecule has 0 saturated carbocycles. The molecule has 0 bridgehead atoms. The molecule has 0 aliphatic carbocycles. The Kier molecular flexibility index (Phi) is 53.0.